The Kier molecular flexibility index (Phi) is 4.28. The van der Waals surface area contributed by atoms with E-state index in [9.17, 15) is 13.5 Å². The number of benzene rings is 2. The number of ether oxygens (including phenoxy) is 1. The molecule has 5 nitrogen and oxygen atoms in total. The molecule has 0 bridgehead atoms. The van der Waals surface area contributed by atoms with Crippen LogP contribution in [-0.2, 0) is 10.0 Å². The van der Waals surface area contributed by atoms with Crippen molar-refractivity contribution < 1.29 is 18.3 Å². The maximum absolute atomic E-state index is 12.7. The highest BCUT2D eigenvalue weighted by Crippen LogP contribution is 2.31. The molecule has 0 aromatic heterocycles. The first-order valence-electron chi connectivity index (χ1n) is 7.49. The van der Waals surface area contributed by atoms with Crippen LogP contribution in [0.3, 0.4) is 0 Å². The van der Waals surface area contributed by atoms with Gasteiger partial charge in [0.25, 0.3) is 0 Å². The van der Waals surface area contributed by atoms with Gasteiger partial charge in [0.05, 0.1) is 12.0 Å². The summed E-state index contributed by atoms with van der Waals surface area (Å²) < 4.78 is 32.0. The zero-order chi connectivity index (χ0) is 16.4. The average Bonchev–Trinajstić information content (AvgIpc) is 3.09. The molecule has 1 N–H and O–H groups in total. The average molecular weight is 333 g/mol. The molecular weight excluding hydrogens is 314 g/mol. The van der Waals surface area contributed by atoms with Crippen LogP contribution < -0.4 is 4.74 Å². The SMILES string of the molecule is COc1cc(O)cc(-c2cccc(S(=O)(=O)N3CCCC3)c2)c1. The molecule has 122 valence electrons. The Bertz CT molecular complexity index is 811. The summed E-state index contributed by atoms with van der Waals surface area (Å²) in [6, 6.07) is 11.6. The molecule has 0 saturated carbocycles. The Morgan fingerprint density at radius 2 is 1.78 bits per heavy atom. The molecule has 2 aromatic rings. The van der Waals surface area contributed by atoms with Gasteiger partial charge in [-0.1, -0.05) is 12.1 Å². The largest absolute Gasteiger partial charge is 0.508 e. The van der Waals surface area contributed by atoms with Gasteiger partial charge >= 0.3 is 0 Å². The lowest BCUT2D eigenvalue weighted by Gasteiger charge is -2.16. The lowest BCUT2D eigenvalue weighted by atomic mass is 10.1. The summed E-state index contributed by atoms with van der Waals surface area (Å²) in [6.45, 7) is 1.15. The summed E-state index contributed by atoms with van der Waals surface area (Å²) in [5.41, 5.74) is 1.43. The number of hydrogen-bond donors (Lipinski definition) is 1. The zero-order valence-electron chi connectivity index (χ0n) is 12.9. The minimum atomic E-state index is -3.46. The van der Waals surface area contributed by atoms with Crippen molar-refractivity contribution in [2.45, 2.75) is 17.7 Å². The van der Waals surface area contributed by atoms with E-state index >= 15 is 0 Å². The van der Waals surface area contributed by atoms with E-state index in [-0.39, 0.29) is 10.6 Å². The van der Waals surface area contributed by atoms with Gasteiger partial charge in [0, 0.05) is 19.2 Å². The molecule has 3 rings (SSSR count). The topological polar surface area (TPSA) is 66.8 Å². The second kappa shape index (κ2) is 6.22. The van der Waals surface area contributed by atoms with Gasteiger partial charge in [-0.15, -0.1) is 0 Å². The Hall–Kier alpha value is -2.05. The smallest absolute Gasteiger partial charge is 0.243 e. The van der Waals surface area contributed by atoms with Crippen LogP contribution in [0.1, 0.15) is 12.8 Å². The van der Waals surface area contributed by atoms with Crippen LogP contribution in [-0.4, -0.2) is 38.0 Å². The van der Waals surface area contributed by atoms with Gasteiger partial charge < -0.3 is 9.84 Å². The predicted molar refractivity (Wildman–Crippen MR) is 88.1 cm³/mol. The van der Waals surface area contributed by atoms with E-state index in [2.05, 4.69) is 0 Å². The fourth-order valence-corrected chi connectivity index (χ4v) is 4.35. The minimum Gasteiger partial charge on any atom is -0.508 e. The Morgan fingerprint density at radius 1 is 1.04 bits per heavy atom. The molecule has 0 spiro atoms. The molecular formula is C17H19NO4S. The van der Waals surface area contributed by atoms with Crippen molar-refractivity contribution in [2.75, 3.05) is 20.2 Å². The molecule has 0 radical (unpaired) electrons. The maximum Gasteiger partial charge on any atom is 0.243 e. The van der Waals surface area contributed by atoms with Crippen molar-refractivity contribution in [3.8, 4) is 22.6 Å². The van der Waals surface area contributed by atoms with Crippen molar-refractivity contribution in [3.63, 3.8) is 0 Å². The molecule has 1 saturated heterocycles. The van der Waals surface area contributed by atoms with Gasteiger partial charge in [0.1, 0.15) is 11.5 Å². The highest BCUT2D eigenvalue weighted by Gasteiger charge is 2.27. The molecule has 23 heavy (non-hydrogen) atoms. The number of sulfonamides is 1. The van der Waals surface area contributed by atoms with Crippen LogP contribution in [0, 0.1) is 0 Å². The molecule has 1 fully saturated rings. The summed E-state index contributed by atoms with van der Waals surface area (Å²) in [4.78, 5) is 0.277. The highest BCUT2D eigenvalue weighted by atomic mass is 32.2. The van der Waals surface area contributed by atoms with E-state index in [0.29, 0.717) is 24.4 Å². The monoisotopic (exact) mass is 333 g/mol. The summed E-state index contributed by atoms with van der Waals surface area (Å²) in [5, 5.41) is 9.78. The van der Waals surface area contributed by atoms with Crippen molar-refractivity contribution >= 4 is 10.0 Å². The Morgan fingerprint density at radius 3 is 2.48 bits per heavy atom. The van der Waals surface area contributed by atoms with E-state index in [1.54, 1.807) is 30.3 Å². The summed E-state index contributed by atoms with van der Waals surface area (Å²) >= 11 is 0. The Labute approximate surface area is 136 Å². The van der Waals surface area contributed by atoms with Gasteiger partial charge in [-0.25, -0.2) is 8.42 Å². The summed E-state index contributed by atoms with van der Waals surface area (Å²) in [7, 11) is -1.93. The maximum atomic E-state index is 12.7. The van der Waals surface area contributed by atoms with E-state index in [0.717, 1.165) is 18.4 Å². The third kappa shape index (κ3) is 3.18. The van der Waals surface area contributed by atoms with Crippen LogP contribution in [0.25, 0.3) is 11.1 Å². The lowest BCUT2D eigenvalue weighted by Crippen LogP contribution is -2.27. The fourth-order valence-electron chi connectivity index (χ4n) is 2.78. The number of aromatic hydroxyl groups is 1. The normalized spacial score (nSPS) is 15.7. The number of rotatable bonds is 4. The molecule has 0 unspecified atom stereocenters. The van der Waals surface area contributed by atoms with Gasteiger partial charge in [-0.3, -0.25) is 0 Å². The number of methoxy groups -OCH3 is 1. The quantitative estimate of drug-likeness (QED) is 0.934. The molecule has 0 aliphatic carbocycles. The number of nitrogens with zero attached hydrogens (tertiary/aromatic N) is 1. The van der Waals surface area contributed by atoms with Crippen LogP contribution in [0.2, 0.25) is 0 Å². The van der Waals surface area contributed by atoms with Gasteiger partial charge in [0.2, 0.25) is 10.0 Å². The fraction of sp³-hybridized carbons (Fsp3) is 0.294. The molecule has 0 amide bonds. The predicted octanol–water partition coefficient (Wildman–Crippen LogP) is 2.85. The molecule has 1 heterocycles. The standard InChI is InChI=1S/C17H19NO4S/c1-22-16-10-14(9-15(19)12-16)13-5-4-6-17(11-13)23(20,21)18-7-2-3-8-18/h4-6,9-12,19H,2-3,7-8H2,1H3. The number of hydrogen-bond acceptors (Lipinski definition) is 4. The van der Waals surface area contributed by atoms with E-state index in [4.69, 9.17) is 4.74 Å². The lowest BCUT2D eigenvalue weighted by molar-refractivity contribution is 0.408. The number of phenols is 1. The van der Waals surface area contributed by atoms with Gasteiger partial charge in [-0.05, 0) is 48.2 Å². The first kappa shape index (κ1) is 15.8. The summed E-state index contributed by atoms with van der Waals surface area (Å²) in [6.07, 6.45) is 1.81. The highest BCUT2D eigenvalue weighted by molar-refractivity contribution is 7.89. The third-order valence-electron chi connectivity index (χ3n) is 4.00. The van der Waals surface area contributed by atoms with Crippen molar-refractivity contribution in [1.29, 1.82) is 0 Å². The molecule has 1 aliphatic heterocycles. The zero-order valence-corrected chi connectivity index (χ0v) is 13.7. The van der Waals surface area contributed by atoms with E-state index in [1.165, 1.54) is 17.5 Å². The molecule has 6 heteroatoms. The van der Waals surface area contributed by atoms with Crippen LogP contribution in [0.15, 0.2) is 47.4 Å². The van der Waals surface area contributed by atoms with E-state index in [1.807, 2.05) is 6.07 Å². The second-order valence-electron chi connectivity index (χ2n) is 5.56. The molecule has 1 aliphatic rings. The van der Waals surface area contributed by atoms with E-state index < -0.39 is 10.0 Å². The van der Waals surface area contributed by atoms with Crippen LogP contribution >= 0.6 is 0 Å². The van der Waals surface area contributed by atoms with Crippen molar-refractivity contribution in [3.05, 3.63) is 42.5 Å². The van der Waals surface area contributed by atoms with Gasteiger partial charge in [0.15, 0.2) is 0 Å². The van der Waals surface area contributed by atoms with Crippen LogP contribution in [0.4, 0.5) is 0 Å². The summed E-state index contributed by atoms with van der Waals surface area (Å²) in [5.74, 6) is 0.597. The third-order valence-corrected chi connectivity index (χ3v) is 5.89. The molecule has 0 atom stereocenters. The Balaban J connectivity index is 2.02. The first-order chi connectivity index (χ1) is 11.0. The van der Waals surface area contributed by atoms with Crippen molar-refractivity contribution in [2.24, 2.45) is 0 Å². The second-order valence-corrected chi connectivity index (χ2v) is 7.50. The first-order valence-corrected chi connectivity index (χ1v) is 8.93. The number of phenolic OH excluding ortho intramolecular Hbond substituents is 1. The van der Waals surface area contributed by atoms with Crippen molar-refractivity contribution in [1.82, 2.24) is 4.31 Å². The van der Waals surface area contributed by atoms with Crippen LogP contribution in [0.5, 0.6) is 11.5 Å². The van der Waals surface area contributed by atoms with Gasteiger partial charge in [-0.2, -0.15) is 4.31 Å². The minimum absolute atomic E-state index is 0.0761. The molecule has 2 aromatic carbocycles.